The van der Waals surface area contributed by atoms with Gasteiger partial charge in [0.15, 0.2) is 11.5 Å². The fourth-order valence-corrected chi connectivity index (χ4v) is 2.70. The predicted octanol–water partition coefficient (Wildman–Crippen LogP) is 4.06. The summed E-state index contributed by atoms with van der Waals surface area (Å²) < 4.78 is 16.9. The molecule has 0 saturated heterocycles. The molecule has 0 saturated carbocycles. The van der Waals surface area contributed by atoms with Gasteiger partial charge in [-0.05, 0) is 18.9 Å². The second-order valence-corrected chi connectivity index (χ2v) is 5.45. The number of rotatable bonds is 8. The first-order chi connectivity index (χ1) is 11.6. The summed E-state index contributed by atoms with van der Waals surface area (Å²) in [5.41, 5.74) is 2.58. The van der Waals surface area contributed by atoms with Crippen molar-refractivity contribution in [3.8, 4) is 17.2 Å². The van der Waals surface area contributed by atoms with Gasteiger partial charge in [-0.15, -0.1) is 6.58 Å². The van der Waals surface area contributed by atoms with Crippen LogP contribution in [0.4, 0.5) is 0 Å². The number of hydrogen-bond acceptors (Lipinski definition) is 4. The predicted molar refractivity (Wildman–Crippen MR) is 94.9 cm³/mol. The number of ether oxygens (including phenoxy) is 3. The maximum Gasteiger partial charge on any atom is 0.165 e. The Morgan fingerprint density at radius 2 is 1.79 bits per heavy atom. The van der Waals surface area contributed by atoms with E-state index in [1.165, 1.54) is 0 Å². The summed E-state index contributed by atoms with van der Waals surface area (Å²) >= 11 is 0. The summed E-state index contributed by atoms with van der Waals surface area (Å²) in [6, 6.07) is 11.6. The number of aliphatic hydroxyl groups is 1. The van der Waals surface area contributed by atoms with Gasteiger partial charge in [-0.3, -0.25) is 0 Å². The normalized spacial score (nSPS) is 11.7. The molecule has 0 heterocycles. The van der Waals surface area contributed by atoms with Crippen molar-refractivity contribution >= 4 is 0 Å². The van der Waals surface area contributed by atoms with Crippen LogP contribution in [0.15, 0.2) is 49.1 Å². The molecule has 0 radical (unpaired) electrons. The lowest BCUT2D eigenvalue weighted by molar-refractivity contribution is 0.191. The summed E-state index contributed by atoms with van der Waals surface area (Å²) in [5, 5.41) is 10.2. The summed E-state index contributed by atoms with van der Waals surface area (Å²) in [5.74, 6) is 1.76. The molecule has 1 atom stereocenters. The van der Waals surface area contributed by atoms with Crippen LogP contribution in [0.5, 0.6) is 17.2 Å². The molecule has 24 heavy (non-hydrogen) atoms. The molecule has 1 N–H and O–H groups in total. The fraction of sp³-hybridized carbons (Fsp3) is 0.300. The van der Waals surface area contributed by atoms with Crippen LogP contribution < -0.4 is 14.2 Å². The van der Waals surface area contributed by atoms with E-state index in [2.05, 4.69) is 6.58 Å². The molecule has 0 amide bonds. The van der Waals surface area contributed by atoms with Gasteiger partial charge < -0.3 is 19.3 Å². The van der Waals surface area contributed by atoms with E-state index < -0.39 is 6.10 Å². The largest absolute Gasteiger partial charge is 0.496 e. The lowest BCUT2D eigenvalue weighted by Crippen LogP contribution is -2.08. The van der Waals surface area contributed by atoms with E-state index in [0.717, 1.165) is 11.1 Å². The maximum atomic E-state index is 10.2. The van der Waals surface area contributed by atoms with Crippen molar-refractivity contribution in [2.75, 3.05) is 14.2 Å². The highest BCUT2D eigenvalue weighted by atomic mass is 16.5. The highest BCUT2D eigenvalue weighted by Gasteiger charge is 2.22. The van der Waals surface area contributed by atoms with Gasteiger partial charge in [-0.1, -0.05) is 36.4 Å². The van der Waals surface area contributed by atoms with Crippen molar-refractivity contribution in [1.29, 1.82) is 0 Å². The molecule has 128 valence electrons. The Balaban J connectivity index is 2.50. The number of aliphatic hydroxyl groups excluding tert-OH is 1. The lowest BCUT2D eigenvalue weighted by atomic mass is 9.97. The Morgan fingerprint density at radius 1 is 1.12 bits per heavy atom. The molecule has 2 rings (SSSR count). The third-order valence-corrected chi connectivity index (χ3v) is 3.78. The number of benzene rings is 2. The monoisotopic (exact) mass is 328 g/mol. The van der Waals surface area contributed by atoms with Crippen LogP contribution in [0.25, 0.3) is 0 Å². The molecule has 4 heteroatoms. The average molecular weight is 328 g/mol. The lowest BCUT2D eigenvalue weighted by Gasteiger charge is -2.22. The Hall–Kier alpha value is -2.46. The Labute approximate surface area is 143 Å². The van der Waals surface area contributed by atoms with Gasteiger partial charge in [0.25, 0.3) is 0 Å². The summed E-state index contributed by atoms with van der Waals surface area (Å²) in [7, 11) is 3.16. The van der Waals surface area contributed by atoms with Crippen LogP contribution in [0.1, 0.15) is 29.7 Å². The zero-order valence-corrected chi connectivity index (χ0v) is 14.4. The molecular weight excluding hydrogens is 304 g/mol. The van der Waals surface area contributed by atoms with E-state index in [1.54, 1.807) is 33.3 Å². The first-order valence-corrected chi connectivity index (χ1v) is 7.85. The van der Waals surface area contributed by atoms with Crippen molar-refractivity contribution in [2.24, 2.45) is 0 Å². The fourth-order valence-electron chi connectivity index (χ4n) is 2.70. The number of hydrogen-bond donors (Lipinski definition) is 1. The van der Waals surface area contributed by atoms with Gasteiger partial charge >= 0.3 is 0 Å². The molecule has 4 nitrogen and oxygen atoms in total. The van der Waals surface area contributed by atoms with Crippen LogP contribution >= 0.6 is 0 Å². The van der Waals surface area contributed by atoms with Gasteiger partial charge in [0, 0.05) is 17.2 Å². The van der Waals surface area contributed by atoms with Gasteiger partial charge in [-0.25, -0.2) is 0 Å². The third-order valence-electron chi connectivity index (χ3n) is 3.78. The molecule has 0 bridgehead atoms. The Morgan fingerprint density at radius 3 is 2.33 bits per heavy atom. The Bertz CT molecular complexity index is 678. The SMILES string of the molecule is C=CCc1c(OCc2ccccc2)c(OC)cc(OC)c1[C@H](C)O. The molecule has 0 aliphatic carbocycles. The standard InChI is InChI=1S/C20H24O4/c1-5-9-16-19(14(2)21)17(22-3)12-18(23-4)20(16)24-13-15-10-7-6-8-11-15/h5-8,10-12,14,21H,1,9,13H2,2-4H3/t14-/m0/s1. The molecule has 2 aromatic rings. The highest BCUT2D eigenvalue weighted by Crippen LogP contribution is 2.43. The van der Waals surface area contributed by atoms with E-state index in [1.807, 2.05) is 30.3 Å². The van der Waals surface area contributed by atoms with Crippen molar-refractivity contribution < 1.29 is 19.3 Å². The zero-order valence-electron chi connectivity index (χ0n) is 14.4. The quantitative estimate of drug-likeness (QED) is 0.742. The van der Waals surface area contributed by atoms with Crippen molar-refractivity contribution in [3.05, 3.63) is 65.7 Å². The second kappa shape index (κ2) is 8.41. The highest BCUT2D eigenvalue weighted by molar-refractivity contribution is 5.58. The molecule has 0 spiro atoms. The molecule has 0 aliphatic heterocycles. The van der Waals surface area contributed by atoms with Gasteiger partial charge in [-0.2, -0.15) is 0 Å². The third kappa shape index (κ3) is 3.89. The van der Waals surface area contributed by atoms with Crippen LogP contribution in [-0.2, 0) is 13.0 Å². The van der Waals surface area contributed by atoms with Crippen molar-refractivity contribution in [2.45, 2.75) is 26.1 Å². The molecular formula is C20H24O4. The molecule has 2 aromatic carbocycles. The molecule has 0 fully saturated rings. The van der Waals surface area contributed by atoms with E-state index in [-0.39, 0.29) is 0 Å². The van der Waals surface area contributed by atoms with Gasteiger partial charge in [0.05, 0.1) is 20.3 Å². The summed E-state index contributed by atoms with van der Waals surface area (Å²) in [4.78, 5) is 0. The van der Waals surface area contributed by atoms with E-state index in [4.69, 9.17) is 14.2 Å². The van der Waals surface area contributed by atoms with Gasteiger partial charge in [0.2, 0.25) is 0 Å². The first kappa shape index (κ1) is 17.9. The van der Waals surface area contributed by atoms with E-state index >= 15 is 0 Å². The molecule has 0 aliphatic rings. The summed E-state index contributed by atoms with van der Waals surface area (Å²) in [6.07, 6.45) is 1.62. The first-order valence-electron chi connectivity index (χ1n) is 7.85. The van der Waals surface area contributed by atoms with Gasteiger partial charge in [0.1, 0.15) is 12.4 Å². The van der Waals surface area contributed by atoms with Crippen LogP contribution in [0.3, 0.4) is 0 Å². The second-order valence-electron chi connectivity index (χ2n) is 5.45. The van der Waals surface area contributed by atoms with E-state index in [9.17, 15) is 5.11 Å². The summed E-state index contributed by atoms with van der Waals surface area (Å²) in [6.45, 7) is 5.92. The molecule has 0 aromatic heterocycles. The van der Waals surface area contributed by atoms with Crippen LogP contribution in [0.2, 0.25) is 0 Å². The minimum Gasteiger partial charge on any atom is -0.496 e. The van der Waals surface area contributed by atoms with Crippen molar-refractivity contribution in [3.63, 3.8) is 0 Å². The number of allylic oxidation sites excluding steroid dienone is 1. The van der Waals surface area contributed by atoms with Crippen LogP contribution in [-0.4, -0.2) is 19.3 Å². The minimum atomic E-state index is -0.695. The van der Waals surface area contributed by atoms with Crippen LogP contribution in [0, 0.1) is 0 Å². The molecule has 0 unspecified atom stereocenters. The maximum absolute atomic E-state index is 10.2. The minimum absolute atomic E-state index is 0.410. The topological polar surface area (TPSA) is 47.9 Å². The van der Waals surface area contributed by atoms with Crippen molar-refractivity contribution in [1.82, 2.24) is 0 Å². The smallest absolute Gasteiger partial charge is 0.165 e. The zero-order chi connectivity index (χ0) is 17.5. The van der Waals surface area contributed by atoms with E-state index in [0.29, 0.717) is 35.8 Å². The number of methoxy groups -OCH3 is 2. The average Bonchev–Trinajstić information content (AvgIpc) is 2.60. The Kier molecular flexibility index (Phi) is 6.27.